The second-order valence-corrected chi connectivity index (χ2v) is 17.1. The van der Waals surface area contributed by atoms with Gasteiger partial charge in [-0.2, -0.15) is 0 Å². The third-order valence-corrected chi connectivity index (χ3v) is 11.6. The number of primary amides is 1. The molecule has 2 heterocycles. The summed E-state index contributed by atoms with van der Waals surface area (Å²) in [6, 6.07) is 3.15. The van der Waals surface area contributed by atoms with Crippen LogP contribution < -0.4 is 21.3 Å². The number of carbonyl (C=O) groups excluding carboxylic acids is 6. The Morgan fingerprint density at radius 3 is 2.14 bits per heavy atom. The van der Waals surface area contributed by atoms with Crippen LogP contribution in [0.25, 0.3) is 0 Å². The molecule has 0 radical (unpaired) electrons. The minimum absolute atomic E-state index is 0.0837. The number of ketones is 2. The molecule has 1 aromatic rings. The number of amides is 5. The van der Waals surface area contributed by atoms with Gasteiger partial charge in [-0.05, 0) is 53.1 Å². The molecule has 2 saturated carbocycles. The molecule has 1 aromatic carbocycles. The van der Waals surface area contributed by atoms with Gasteiger partial charge in [0.05, 0.1) is 11.7 Å². The van der Waals surface area contributed by atoms with Gasteiger partial charge in [0.25, 0.3) is 5.91 Å². The lowest BCUT2D eigenvalue weighted by Crippen LogP contribution is -2.62. The summed E-state index contributed by atoms with van der Waals surface area (Å²) in [4.78, 5) is 85.4. The summed E-state index contributed by atoms with van der Waals surface area (Å²) in [5.41, 5.74) is 4.90. The van der Waals surface area contributed by atoms with Crippen molar-refractivity contribution in [3.63, 3.8) is 0 Å². The van der Waals surface area contributed by atoms with E-state index in [2.05, 4.69) is 24.5 Å². The molecular weight excluding hydrogens is 655 g/mol. The average molecular weight is 711 g/mol. The van der Waals surface area contributed by atoms with Gasteiger partial charge >= 0.3 is 6.03 Å². The molecule has 280 valence electrons. The molecule has 2 saturated heterocycles. The Morgan fingerprint density at radius 2 is 1.59 bits per heavy atom. The number of Topliss-reactive ketones (excluding diaryl/α,β-unsaturated/α-hetero) is 2. The fourth-order valence-electron chi connectivity index (χ4n) is 8.20. The molecular formula is C38H55FN6O6. The van der Waals surface area contributed by atoms with E-state index in [1.165, 1.54) is 6.07 Å². The first-order chi connectivity index (χ1) is 23.8. The van der Waals surface area contributed by atoms with Crippen LogP contribution in [0.3, 0.4) is 0 Å². The SMILES string of the molecule is CC(C)[C@H](NC(=O)N[C@H](C(=O)N1C[C@H]2[C@@H]([C@H]1C(=O)CC(CC1CC1)C(=O)C(N)=O)C2(C)C)C(C)(C)C)C(=O)N1CCN(c2ccccc2F)CC1. The van der Waals surface area contributed by atoms with Crippen molar-refractivity contribution in [2.24, 2.45) is 46.2 Å². The molecule has 5 rings (SSSR count). The van der Waals surface area contributed by atoms with E-state index in [0.717, 1.165) is 12.8 Å². The van der Waals surface area contributed by atoms with Gasteiger partial charge in [0.15, 0.2) is 5.78 Å². The smallest absolute Gasteiger partial charge is 0.316 e. The first-order valence-corrected chi connectivity index (χ1v) is 18.3. The van der Waals surface area contributed by atoms with Gasteiger partial charge in [-0.25, -0.2) is 9.18 Å². The van der Waals surface area contributed by atoms with Crippen LogP contribution in [0.4, 0.5) is 14.9 Å². The summed E-state index contributed by atoms with van der Waals surface area (Å²) in [5.74, 6) is -3.85. The highest BCUT2D eigenvalue weighted by Crippen LogP contribution is 2.65. The summed E-state index contributed by atoms with van der Waals surface area (Å²) in [6.45, 7) is 15.2. The summed E-state index contributed by atoms with van der Waals surface area (Å²) in [7, 11) is 0. The third kappa shape index (κ3) is 8.22. The summed E-state index contributed by atoms with van der Waals surface area (Å²) < 4.78 is 14.4. The lowest BCUT2D eigenvalue weighted by molar-refractivity contribution is -0.144. The predicted octanol–water partition coefficient (Wildman–Crippen LogP) is 3.13. The van der Waals surface area contributed by atoms with Crippen LogP contribution in [-0.4, -0.2) is 96.0 Å². The van der Waals surface area contributed by atoms with E-state index in [-0.39, 0.29) is 53.0 Å². The van der Waals surface area contributed by atoms with E-state index in [4.69, 9.17) is 5.73 Å². The van der Waals surface area contributed by atoms with E-state index in [0.29, 0.717) is 44.8 Å². The molecule has 0 aromatic heterocycles. The quantitative estimate of drug-likeness (QED) is 0.265. The highest BCUT2D eigenvalue weighted by molar-refractivity contribution is 6.36. The van der Waals surface area contributed by atoms with Crippen molar-refractivity contribution < 1.29 is 33.2 Å². The maximum absolute atomic E-state index is 14.4. The highest BCUT2D eigenvalue weighted by Gasteiger charge is 2.69. The number of piperidine rings is 1. The normalized spacial score (nSPS) is 24.3. The van der Waals surface area contributed by atoms with Crippen molar-refractivity contribution in [3.05, 3.63) is 30.1 Å². The van der Waals surface area contributed by atoms with Crippen LogP contribution >= 0.6 is 0 Å². The minimum Gasteiger partial charge on any atom is -0.366 e. The number of urea groups is 1. The van der Waals surface area contributed by atoms with Crippen molar-refractivity contribution in [1.82, 2.24) is 20.4 Å². The summed E-state index contributed by atoms with van der Waals surface area (Å²) in [5, 5.41) is 5.66. The number of likely N-dealkylation sites (tertiary alicyclic amines) is 1. The molecule has 4 fully saturated rings. The molecule has 0 bridgehead atoms. The number of hydrogen-bond acceptors (Lipinski definition) is 7. The van der Waals surface area contributed by atoms with E-state index < -0.39 is 53.1 Å². The lowest BCUT2D eigenvalue weighted by atomic mass is 9.84. The van der Waals surface area contributed by atoms with Gasteiger partial charge < -0.3 is 31.1 Å². The number of nitrogens with two attached hydrogens (primary N) is 1. The van der Waals surface area contributed by atoms with Crippen molar-refractivity contribution in [1.29, 1.82) is 0 Å². The number of anilines is 1. The number of benzene rings is 1. The van der Waals surface area contributed by atoms with Crippen molar-refractivity contribution >= 4 is 41.0 Å². The van der Waals surface area contributed by atoms with Crippen molar-refractivity contribution in [2.45, 2.75) is 92.3 Å². The molecule has 51 heavy (non-hydrogen) atoms. The molecule has 0 spiro atoms. The molecule has 5 amide bonds. The first kappa shape index (κ1) is 38.2. The fourth-order valence-corrected chi connectivity index (χ4v) is 8.20. The largest absolute Gasteiger partial charge is 0.366 e. The Balaban J connectivity index is 1.26. The predicted molar refractivity (Wildman–Crippen MR) is 190 cm³/mol. The van der Waals surface area contributed by atoms with Crippen LogP contribution in [0.5, 0.6) is 0 Å². The van der Waals surface area contributed by atoms with Crippen molar-refractivity contribution in [3.8, 4) is 0 Å². The number of nitrogens with one attached hydrogen (secondary N) is 2. The van der Waals surface area contributed by atoms with Gasteiger partial charge in [0.2, 0.25) is 17.6 Å². The molecule has 2 aliphatic carbocycles. The Kier molecular flexibility index (Phi) is 10.9. The third-order valence-electron chi connectivity index (χ3n) is 11.6. The lowest BCUT2D eigenvalue weighted by Gasteiger charge is -2.39. The van der Waals surface area contributed by atoms with E-state index >= 15 is 0 Å². The molecule has 12 nitrogen and oxygen atoms in total. The zero-order chi connectivity index (χ0) is 37.6. The minimum atomic E-state index is -1.05. The van der Waals surface area contributed by atoms with Crippen LogP contribution in [0.1, 0.15) is 74.1 Å². The topological polar surface area (TPSA) is 162 Å². The van der Waals surface area contributed by atoms with Gasteiger partial charge in [0.1, 0.15) is 17.9 Å². The van der Waals surface area contributed by atoms with Gasteiger partial charge in [0, 0.05) is 45.1 Å². The second kappa shape index (κ2) is 14.5. The molecule has 4 aliphatic rings. The zero-order valence-corrected chi connectivity index (χ0v) is 31.0. The monoisotopic (exact) mass is 710 g/mol. The Bertz CT molecular complexity index is 1540. The van der Waals surface area contributed by atoms with Crippen LogP contribution in [-0.2, 0) is 24.0 Å². The fraction of sp³-hybridized carbons (Fsp3) is 0.684. The number of fused-ring (bicyclic) bond motifs is 1. The molecule has 13 heteroatoms. The first-order valence-electron chi connectivity index (χ1n) is 18.3. The van der Waals surface area contributed by atoms with Crippen LogP contribution in [0, 0.1) is 46.2 Å². The van der Waals surface area contributed by atoms with Gasteiger partial charge in [-0.15, -0.1) is 0 Å². The number of carbonyl (C=O) groups is 6. The van der Waals surface area contributed by atoms with E-state index in [9.17, 15) is 33.2 Å². The standard InChI is InChI=1S/C38H55FN6O6/c1-21(2)29(34(49)44-16-14-43(15-17-44)26-11-9-8-10-25(26)39)41-36(51)42-32(37(3,4)5)35(50)45-20-24-28(38(24,6)7)30(45)27(46)19-23(18-22-12-13-22)31(47)33(40)48/h8-11,21-24,28-30,32H,12-20H2,1-7H3,(H2,40,48)(H2,41,42,51)/t23?,24-,28-,29-,30+,32+/m0/s1. The number of piperazine rings is 1. The number of hydrogen-bond donors (Lipinski definition) is 3. The molecule has 2 aliphatic heterocycles. The van der Waals surface area contributed by atoms with Crippen LogP contribution in [0.15, 0.2) is 24.3 Å². The highest BCUT2D eigenvalue weighted by atomic mass is 19.1. The molecule has 1 unspecified atom stereocenters. The maximum Gasteiger partial charge on any atom is 0.316 e. The Morgan fingerprint density at radius 1 is 0.961 bits per heavy atom. The van der Waals surface area contributed by atoms with E-state index in [1.54, 1.807) is 28.0 Å². The average Bonchev–Trinajstić information content (AvgIpc) is 3.92. The Labute approximate surface area is 300 Å². The molecule has 6 atom stereocenters. The van der Waals surface area contributed by atoms with Crippen LogP contribution in [0.2, 0.25) is 0 Å². The Hall–Kier alpha value is -4.03. The van der Waals surface area contributed by atoms with Gasteiger partial charge in [-0.1, -0.05) is 73.4 Å². The number of nitrogens with zero attached hydrogens (tertiary/aromatic N) is 3. The van der Waals surface area contributed by atoms with Gasteiger partial charge in [-0.3, -0.25) is 24.0 Å². The number of halogens is 1. The van der Waals surface area contributed by atoms with E-state index in [1.807, 2.05) is 39.5 Å². The van der Waals surface area contributed by atoms with Crippen molar-refractivity contribution in [2.75, 3.05) is 37.6 Å². The number of para-hydroxylation sites is 1. The summed E-state index contributed by atoms with van der Waals surface area (Å²) >= 11 is 0. The maximum atomic E-state index is 14.4. The summed E-state index contributed by atoms with van der Waals surface area (Å²) in [6.07, 6.45) is 2.15. The second-order valence-electron chi connectivity index (χ2n) is 17.1. The zero-order valence-electron chi connectivity index (χ0n) is 31.0. The molecule has 4 N–H and O–H groups in total. The number of rotatable bonds is 13.